The van der Waals surface area contributed by atoms with E-state index >= 15 is 0 Å². The van der Waals surface area contributed by atoms with Crippen molar-refractivity contribution in [3.05, 3.63) is 34.7 Å². The molecule has 1 saturated carbocycles. The first-order valence-corrected chi connectivity index (χ1v) is 8.47. The zero-order valence-electron chi connectivity index (χ0n) is 12.7. The lowest BCUT2D eigenvalue weighted by Crippen LogP contribution is -2.44. The van der Waals surface area contributed by atoms with Crippen LogP contribution in [0.2, 0.25) is 0 Å². The van der Waals surface area contributed by atoms with E-state index in [1.165, 1.54) is 11.3 Å². The number of carbonyl (C=O) groups excluding carboxylic acids is 2. The summed E-state index contributed by atoms with van der Waals surface area (Å²) in [4.78, 5) is 26.8. The SMILES string of the molecule is Cc1c(C(=O)N(CC(N)=O)C2CCCC2)sc2ccccc12. The third-order valence-corrected chi connectivity index (χ3v) is 5.65. The van der Waals surface area contributed by atoms with Crippen LogP contribution in [-0.2, 0) is 4.79 Å². The molecule has 1 heterocycles. The van der Waals surface area contributed by atoms with Crippen molar-refractivity contribution >= 4 is 33.2 Å². The Morgan fingerprint density at radius 2 is 1.95 bits per heavy atom. The first kappa shape index (κ1) is 15.0. The summed E-state index contributed by atoms with van der Waals surface area (Å²) in [6, 6.07) is 8.16. The van der Waals surface area contributed by atoms with Gasteiger partial charge in [-0.2, -0.15) is 0 Å². The van der Waals surface area contributed by atoms with E-state index in [0.29, 0.717) is 0 Å². The van der Waals surface area contributed by atoms with Crippen molar-refractivity contribution in [2.75, 3.05) is 6.54 Å². The number of benzene rings is 1. The zero-order valence-corrected chi connectivity index (χ0v) is 13.5. The average Bonchev–Trinajstić information content (AvgIpc) is 3.13. The van der Waals surface area contributed by atoms with Gasteiger partial charge in [-0.25, -0.2) is 0 Å². The van der Waals surface area contributed by atoms with E-state index in [1.54, 1.807) is 4.90 Å². The highest BCUT2D eigenvalue weighted by molar-refractivity contribution is 7.21. The molecule has 2 N–H and O–H groups in total. The Kier molecular flexibility index (Phi) is 4.16. The van der Waals surface area contributed by atoms with Gasteiger partial charge in [0.05, 0.1) is 11.4 Å². The van der Waals surface area contributed by atoms with E-state index in [2.05, 4.69) is 0 Å². The fraction of sp³-hybridized carbons (Fsp3) is 0.412. The smallest absolute Gasteiger partial charge is 0.264 e. The van der Waals surface area contributed by atoms with Crippen LogP contribution in [-0.4, -0.2) is 29.3 Å². The van der Waals surface area contributed by atoms with Crippen LogP contribution in [0.15, 0.2) is 24.3 Å². The third kappa shape index (κ3) is 2.73. The summed E-state index contributed by atoms with van der Waals surface area (Å²) < 4.78 is 1.11. The van der Waals surface area contributed by atoms with Crippen LogP contribution >= 0.6 is 11.3 Å². The zero-order chi connectivity index (χ0) is 15.7. The summed E-state index contributed by atoms with van der Waals surface area (Å²) in [7, 11) is 0. The van der Waals surface area contributed by atoms with Crippen molar-refractivity contribution in [1.82, 2.24) is 4.90 Å². The fourth-order valence-corrected chi connectivity index (χ4v) is 4.42. The second-order valence-electron chi connectivity index (χ2n) is 5.89. The van der Waals surface area contributed by atoms with Crippen LogP contribution in [0.4, 0.5) is 0 Å². The van der Waals surface area contributed by atoms with Crippen LogP contribution in [0, 0.1) is 6.92 Å². The lowest BCUT2D eigenvalue weighted by molar-refractivity contribution is -0.119. The molecule has 3 rings (SSSR count). The molecule has 2 amide bonds. The molecule has 5 heteroatoms. The molecule has 1 aromatic heterocycles. The molecule has 22 heavy (non-hydrogen) atoms. The van der Waals surface area contributed by atoms with Crippen molar-refractivity contribution in [1.29, 1.82) is 0 Å². The molecule has 1 fully saturated rings. The molecule has 4 nitrogen and oxygen atoms in total. The number of primary amides is 1. The predicted octanol–water partition coefficient (Wildman–Crippen LogP) is 3.08. The summed E-state index contributed by atoms with van der Waals surface area (Å²) in [5, 5.41) is 1.11. The van der Waals surface area contributed by atoms with Gasteiger partial charge >= 0.3 is 0 Å². The average molecular weight is 316 g/mol. The Balaban J connectivity index is 1.97. The molecule has 0 atom stereocenters. The predicted molar refractivity (Wildman–Crippen MR) is 89.0 cm³/mol. The number of hydrogen-bond donors (Lipinski definition) is 1. The van der Waals surface area contributed by atoms with Gasteiger partial charge in [-0.05, 0) is 36.8 Å². The molecular formula is C17H20N2O2S. The standard InChI is InChI=1S/C17H20N2O2S/c1-11-13-8-4-5-9-14(13)22-16(11)17(21)19(10-15(18)20)12-6-2-3-7-12/h4-5,8-9,12H,2-3,6-7,10H2,1H3,(H2,18,20). The maximum atomic E-state index is 13.0. The van der Waals surface area contributed by atoms with Gasteiger partial charge in [0, 0.05) is 10.7 Å². The van der Waals surface area contributed by atoms with Crippen LogP contribution in [0.1, 0.15) is 40.9 Å². The van der Waals surface area contributed by atoms with E-state index in [-0.39, 0.29) is 18.5 Å². The number of aryl methyl sites for hydroxylation is 1. The van der Waals surface area contributed by atoms with Crippen LogP contribution in [0.3, 0.4) is 0 Å². The van der Waals surface area contributed by atoms with Gasteiger partial charge in [-0.15, -0.1) is 11.3 Å². The lowest BCUT2D eigenvalue weighted by Gasteiger charge is -2.27. The van der Waals surface area contributed by atoms with Gasteiger partial charge in [0.2, 0.25) is 5.91 Å². The number of rotatable bonds is 4. The topological polar surface area (TPSA) is 63.4 Å². The van der Waals surface area contributed by atoms with Crippen molar-refractivity contribution in [3.8, 4) is 0 Å². The van der Waals surface area contributed by atoms with Crippen LogP contribution < -0.4 is 5.73 Å². The Morgan fingerprint density at radius 3 is 2.59 bits per heavy atom. The largest absolute Gasteiger partial charge is 0.368 e. The minimum Gasteiger partial charge on any atom is -0.368 e. The van der Waals surface area contributed by atoms with E-state index in [0.717, 1.165) is 46.2 Å². The monoisotopic (exact) mass is 316 g/mol. The minimum absolute atomic E-state index is 0.0111. The molecule has 0 unspecified atom stereocenters. The Hall–Kier alpha value is -1.88. The number of nitrogens with zero attached hydrogens (tertiary/aromatic N) is 1. The molecule has 1 aliphatic carbocycles. The quantitative estimate of drug-likeness (QED) is 0.942. The number of carbonyl (C=O) groups is 2. The molecular weight excluding hydrogens is 296 g/mol. The van der Waals surface area contributed by atoms with Gasteiger partial charge in [0.1, 0.15) is 0 Å². The Morgan fingerprint density at radius 1 is 1.27 bits per heavy atom. The van der Waals surface area contributed by atoms with Crippen LogP contribution in [0.5, 0.6) is 0 Å². The number of amides is 2. The number of nitrogens with two attached hydrogens (primary N) is 1. The number of thiophene rings is 1. The van der Waals surface area contributed by atoms with Gasteiger partial charge in [0.15, 0.2) is 0 Å². The van der Waals surface area contributed by atoms with Crippen molar-refractivity contribution in [2.24, 2.45) is 5.73 Å². The first-order valence-electron chi connectivity index (χ1n) is 7.65. The summed E-state index contributed by atoms with van der Waals surface area (Å²) in [6.07, 6.45) is 4.14. The molecule has 1 aliphatic rings. The second-order valence-corrected chi connectivity index (χ2v) is 6.94. The van der Waals surface area contributed by atoms with E-state index in [9.17, 15) is 9.59 Å². The molecule has 116 valence electrons. The Labute approximate surface area is 133 Å². The van der Waals surface area contributed by atoms with Crippen molar-refractivity contribution < 1.29 is 9.59 Å². The van der Waals surface area contributed by atoms with Gasteiger partial charge in [-0.3, -0.25) is 9.59 Å². The van der Waals surface area contributed by atoms with E-state index in [1.807, 2.05) is 31.2 Å². The van der Waals surface area contributed by atoms with Gasteiger partial charge in [0.25, 0.3) is 5.91 Å². The lowest BCUT2D eigenvalue weighted by atomic mass is 10.1. The summed E-state index contributed by atoms with van der Waals surface area (Å²) in [5.74, 6) is -0.497. The van der Waals surface area contributed by atoms with Gasteiger partial charge in [-0.1, -0.05) is 31.0 Å². The second kappa shape index (κ2) is 6.08. The molecule has 0 aliphatic heterocycles. The first-order chi connectivity index (χ1) is 10.6. The maximum Gasteiger partial charge on any atom is 0.264 e. The molecule has 0 radical (unpaired) electrons. The molecule has 0 saturated heterocycles. The van der Waals surface area contributed by atoms with E-state index in [4.69, 9.17) is 5.73 Å². The highest BCUT2D eigenvalue weighted by atomic mass is 32.1. The van der Waals surface area contributed by atoms with Crippen molar-refractivity contribution in [3.63, 3.8) is 0 Å². The minimum atomic E-state index is -0.445. The van der Waals surface area contributed by atoms with Crippen molar-refractivity contribution in [2.45, 2.75) is 38.6 Å². The summed E-state index contributed by atoms with van der Waals surface area (Å²) >= 11 is 1.50. The fourth-order valence-electron chi connectivity index (χ4n) is 3.26. The molecule has 0 spiro atoms. The Bertz CT molecular complexity index is 717. The van der Waals surface area contributed by atoms with Crippen LogP contribution in [0.25, 0.3) is 10.1 Å². The highest BCUT2D eigenvalue weighted by Crippen LogP contribution is 2.33. The maximum absolute atomic E-state index is 13.0. The highest BCUT2D eigenvalue weighted by Gasteiger charge is 2.30. The summed E-state index contributed by atoms with van der Waals surface area (Å²) in [6.45, 7) is 1.99. The van der Waals surface area contributed by atoms with Gasteiger partial charge < -0.3 is 10.6 Å². The number of fused-ring (bicyclic) bond motifs is 1. The van der Waals surface area contributed by atoms with E-state index < -0.39 is 5.91 Å². The normalized spacial score (nSPS) is 15.3. The molecule has 1 aromatic carbocycles. The summed E-state index contributed by atoms with van der Waals surface area (Å²) in [5.41, 5.74) is 6.36. The molecule has 2 aromatic rings. The third-order valence-electron chi connectivity index (χ3n) is 4.39. The number of hydrogen-bond acceptors (Lipinski definition) is 3. The molecule has 0 bridgehead atoms.